The van der Waals surface area contributed by atoms with Gasteiger partial charge in [-0.2, -0.15) is 0 Å². The van der Waals surface area contributed by atoms with Crippen LogP contribution >= 0.6 is 0 Å². The van der Waals surface area contributed by atoms with Crippen LogP contribution in [0.15, 0.2) is 77.7 Å². The second-order valence-corrected chi connectivity index (χ2v) is 8.61. The highest BCUT2D eigenvalue weighted by Gasteiger charge is 2.30. The first kappa shape index (κ1) is 18.3. The van der Waals surface area contributed by atoms with Gasteiger partial charge in [-0.25, -0.2) is 8.42 Å². The molecule has 5 nitrogen and oxygen atoms in total. The normalized spacial score (nSPS) is 13.2. The molecule has 0 atom stereocenters. The summed E-state index contributed by atoms with van der Waals surface area (Å²) in [4.78, 5) is 12.6. The summed E-state index contributed by atoms with van der Waals surface area (Å²) in [6, 6.07) is 21.2. The van der Waals surface area contributed by atoms with Crippen molar-refractivity contribution in [2.24, 2.45) is 0 Å². The van der Waals surface area contributed by atoms with E-state index in [-0.39, 0.29) is 10.8 Å². The van der Waals surface area contributed by atoms with Crippen molar-refractivity contribution < 1.29 is 13.2 Å². The Labute approximate surface area is 164 Å². The van der Waals surface area contributed by atoms with E-state index in [4.69, 9.17) is 0 Å². The third-order valence-electron chi connectivity index (χ3n) is 4.93. The monoisotopic (exact) mass is 392 g/mol. The fraction of sp³-hybridized carbons (Fsp3) is 0.136. The van der Waals surface area contributed by atoms with Crippen molar-refractivity contribution in [3.05, 3.63) is 89.5 Å². The van der Waals surface area contributed by atoms with Crippen molar-refractivity contribution in [1.82, 2.24) is 0 Å². The summed E-state index contributed by atoms with van der Waals surface area (Å²) < 4.78 is 27.5. The fourth-order valence-electron chi connectivity index (χ4n) is 3.42. The Hall–Kier alpha value is -3.12. The molecule has 142 valence electrons. The number of amides is 1. The zero-order valence-corrected chi connectivity index (χ0v) is 16.2. The van der Waals surface area contributed by atoms with Gasteiger partial charge in [0.05, 0.1) is 10.6 Å². The first-order valence-electron chi connectivity index (χ1n) is 9.04. The standard InChI is InChI=1S/C22H20N2O3S/c1-16-6-2-4-8-20(16)22(25)23-18-10-12-19(13-11-18)28(26,27)24-15-14-17-7-3-5-9-21(17)24/h2-13H,14-15H2,1H3,(H,23,25). The molecule has 6 heteroatoms. The third kappa shape index (κ3) is 3.27. The molecule has 0 bridgehead atoms. The molecule has 28 heavy (non-hydrogen) atoms. The van der Waals surface area contributed by atoms with Crippen LogP contribution in [0.4, 0.5) is 11.4 Å². The molecule has 0 unspecified atom stereocenters. The average Bonchev–Trinajstić information content (AvgIpc) is 3.14. The van der Waals surface area contributed by atoms with E-state index in [9.17, 15) is 13.2 Å². The average molecular weight is 392 g/mol. The predicted molar refractivity (Wildman–Crippen MR) is 110 cm³/mol. The number of anilines is 2. The Morgan fingerprint density at radius 1 is 0.929 bits per heavy atom. The van der Waals surface area contributed by atoms with E-state index in [1.54, 1.807) is 18.2 Å². The van der Waals surface area contributed by atoms with E-state index in [0.717, 1.165) is 16.8 Å². The smallest absolute Gasteiger partial charge is 0.264 e. The summed E-state index contributed by atoms with van der Waals surface area (Å²) >= 11 is 0. The molecule has 0 aromatic heterocycles. The summed E-state index contributed by atoms with van der Waals surface area (Å²) in [5.41, 5.74) is 3.79. The highest BCUT2D eigenvalue weighted by molar-refractivity contribution is 7.92. The van der Waals surface area contributed by atoms with Crippen LogP contribution in [0.3, 0.4) is 0 Å². The van der Waals surface area contributed by atoms with Gasteiger partial charge in [0.25, 0.3) is 15.9 Å². The van der Waals surface area contributed by atoms with Crippen LogP contribution in [0.25, 0.3) is 0 Å². The number of fused-ring (bicyclic) bond motifs is 1. The van der Waals surface area contributed by atoms with Gasteiger partial charge >= 0.3 is 0 Å². The highest BCUT2D eigenvalue weighted by atomic mass is 32.2. The second kappa shape index (κ2) is 7.13. The molecule has 4 rings (SSSR count). The maximum Gasteiger partial charge on any atom is 0.264 e. The van der Waals surface area contributed by atoms with E-state index >= 15 is 0 Å². The van der Waals surface area contributed by atoms with Crippen LogP contribution in [-0.2, 0) is 16.4 Å². The van der Waals surface area contributed by atoms with E-state index in [1.165, 1.54) is 16.4 Å². The minimum atomic E-state index is -3.64. The first-order chi connectivity index (χ1) is 13.5. The number of benzene rings is 3. The Kier molecular flexibility index (Phi) is 4.65. The summed E-state index contributed by atoms with van der Waals surface area (Å²) in [5.74, 6) is -0.220. The SMILES string of the molecule is Cc1ccccc1C(=O)Nc1ccc(S(=O)(=O)N2CCc3ccccc32)cc1. The lowest BCUT2D eigenvalue weighted by Gasteiger charge is -2.19. The molecule has 0 saturated heterocycles. The minimum absolute atomic E-state index is 0.207. The van der Waals surface area contributed by atoms with Gasteiger partial charge in [0.2, 0.25) is 0 Å². The maximum atomic E-state index is 13.0. The molecule has 1 aliphatic heterocycles. The van der Waals surface area contributed by atoms with Gasteiger partial charge < -0.3 is 5.32 Å². The number of para-hydroxylation sites is 1. The lowest BCUT2D eigenvalue weighted by atomic mass is 10.1. The Morgan fingerprint density at radius 2 is 1.61 bits per heavy atom. The molecule has 1 amide bonds. The molecule has 3 aromatic carbocycles. The molecule has 0 saturated carbocycles. The molecular weight excluding hydrogens is 372 g/mol. The Balaban J connectivity index is 1.55. The number of sulfonamides is 1. The second-order valence-electron chi connectivity index (χ2n) is 6.75. The minimum Gasteiger partial charge on any atom is -0.322 e. The number of nitrogens with one attached hydrogen (secondary N) is 1. The van der Waals surface area contributed by atoms with Crippen molar-refractivity contribution in [1.29, 1.82) is 0 Å². The number of hydrogen-bond acceptors (Lipinski definition) is 3. The molecule has 0 spiro atoms. The van der Waals surface area contributed by atoms with Gasteiger partial charge in [-0.3, -0.25) is 9.10 Å². The molecule has 1 heterocycles. The molecule has 0 fully saturated rings. The zero-order valence-electron chi connectivity index (χ0n) is 15.4. The molecule has 1 aliphatic rings. The van der Waals surface area contributed by atoms with E-state index < -0.39 is 10.0 Å². The quantitative estimate of drug-likeness (QED) is 0.730. The Morgan fingerprint density at radius 3 is 2.36 bits per heavy atom. The molecule has 1 N–H and O–H groups in total. The summed E-state index contributed by atoms with van der Waals surface area (Å²) in [7, 11) is -3.64. The van der Waals surface area contributed by atoms with Gasteiger partial charge in [-0.05, 0) is 60.9 Å². The molecular formula is C22H20N2O3S. The van der Waals surface area contributed by atoms with Crippen molar-refractivity contribution in [2.75, 3.05) is 16.2 Å². The van der Waals surface area contributed by atoms with Gasteiger partial charge in [-0.15, -0.1) is 0 Å². The lowest BCUT2D eigenvalue weighted by molar-refractivity contribution is 0.102. The zero-order chi connectivity index (χ0) is 19.7. The highest BCUT2D eigenvalue weighted by Crippen LogP contribution is 2.32. The van der Waals surface area contributed by atoms with E-state index in [0.29, 0.717) is 24.2 Å². The van der Waals surface area contributed by atoms with Crippen molar-refractivity contribution >= 4 is 27.3 Å². The molecule has 3 aromatic rings. The van der Waals surface area contributed by atoms with Crippen LogP contribution in [0.1, 0.15) is 21.5 Å². The number of rotatable bonds is 4. The Bertz CT molecular complexity index is 1140. The van der Waals surface area contributed by atoms with Crippen LogP contribution < -0.4 is 9.62 Å². The van der Waals surface area contributed by atoms with Crippen molar-refractivity contribution in [3.8, 4) is 0 Å². The number of carbonyl (C=O) groups is 1. The molecule has 0 radical (unpaired) electrons. The summed E-state index contributed by atoms with van der Waals surface area (Å²) in [6.07, 6.45) is 0.708. The van der Waals surface area contributed by atoms with Crippen LogP contribution in [0.5, 0.6) is 0 Å². The van der Waals surface area contributed by atoms with Crippen molar-refractivity contribution in [2.45, 2.75) is 18.2 Å². The number of nitrogens with zero attached hydrogens (tertiary/aromatic N) is 1. The van der Waals surface area contributed by atoms with Gasteiger partial charge in [0.15, 0.2) is 0 Å². The van der Waals surface area contributed by atoms with E-state index in [1.807, 2.05) is 49.4 Å². The maximum absolute atomic E-state index is 13.0. The van der Waals surface area contributed by atoms with E-state index in [2.05, 4.69) is 5.32 Å². The first-order valence-corrected chi connectivity index (χ1v) is 10.5. The van der Waals surface area contributed by atoms with Crippen LogP contribution in [0.2, 0.25) is 0 Å². The van der Waals surface area contributed by atoms with Crippen LogP contribution in [-0.4, -0.2) is 20.9 Å². The van der Waals surface area contributed by atoms with Gasteiger partial charge in [0, 0.05) is 17.8 Å². The van der Waals surface area contributed by atoms with Gasteiger partial charge in [0.1, 0.15) is 0 Å². The topological polar surface area (TPSA) is 66.5 Å². The lowest BCUT2D eigenvalue weighted by Crippen LogP contribution is -2.29. The van der Waals surface area contributed by atoms with Crippen LogP contribution in [0, 0.1) is 6.92 Å². The fourth-order valence-corrected chi connectivity index (χ4v) is 4.92. The predicted octanol–water partition coefficient (Wildman–Crippen LogP) is 4.00. The molecule has 0 aliphatic carbocycles. The van der Waals surface area contributed by atoms with Gasteiger partial charge in [-0.1, -0.05) is 36.4 Å². The number of carbonyl (C=O) groups excluding carboxylic acids is 1. The third-order valence-corrected chi connectivity index (χ3v) is 6.76. The van der Waals surface area contributed by atoms with Crippen molar-refractivity contribution in [3.63, 3.8) is 0 Å². The summed E-state index contributed by atoms with van der Waals surface area (Å²) in [6.45, 7) is 2.31. The summed E-state index contributed by atoms with van der Waals surface area (Å²) in [5, 5.41) is 2.82. The number of aryl methyl sites for hydroxylation is 1. The largest absolute Gasteiger partial charge is 0.322 e. The number of hydrogen-bond donors (Lipinski definition) is 1.